The van der Waals surface area contributed by atoms with Crippen molar-refractivity contribution in [3.63, 3.8) is 0 Å². The Labute approximate surface area is 99.9 Å². The third kappa shape index (κ3) is 3.42. The van der Waals surface area contributed by atoms with E-state index in [0.29, 0.717) is 0 Å². The van der Waals surface area contributed by atoms with E-state index in [4.69, 9.17) is 5.11 Å². The largest absolute Gasteiger partial charge is 0.395 e. The van der Waals surface area contributed by atoms with Crippen molar-refractivity contribution < 1.29 is 9.90 Å². The van der Waals surface area contributed by atoms with Crippen LogP contribution in [0.2, 0.25) is 0 Å². The molecule has 0 aliphatic heterocycles. The molecule has 0 atom stereocenters. The zero-order chi connectivity index (χ0) is 12.8. The van der Waals surface area contributed by atoms with Gasteiger partial charge in [0.2, 0.25) is 0 Å². The molecule has 0 unspecified atom stereocenters. The number of hydrogen-bond acceptors (Lipinski definition) is 3. The van der Waals surface area contributed by atoms with Crippen LogP contribution in [0.1, 0.15) is 35.0 Å². The molecule has 17 heavy (non-hydrogen) atoms. The number of carbonyl (C=O) groups excluding carboxylic acids is 1. The minimum absolute atomic E-state index is 0.104. The monoisotopic (exact) mass is 238 g/mol. The maximum absolute atomic E-state index is 11.6. The van der Waals surface area contributed by atoms with Crippen LogP contribution in [0.15, 0.2) is 10.9 Å². The molecule has 1 amide bonds. The summed E-state index contributed by atoms with van der Waals surface area (Å²) in [5, 5.41) is 11.1. The summed E-state index contributed by atoms with van der Waals surface area (Å²) in [7, 11) is 0. The van der Waals surface area contributed by atoms with Crippen molar-refractivity contribution in [2.45, 2.75) is 26.7 Å². The van der Waals surface area contributed by atoms with Gasteiger partial charge < -0.3 is 15.4 Å². The first-order valence-electron chi connectivity index (χ1n) is 5.72. The lowest BCUT2D eigenvalue weighted by Crippen LogP contribution is -2.32. The van der Waals surface area contributed by atoms with Gasteiger partial charge in [-0.1, -0.05) is 13.3 Å². The summed E-state index contributed by atoms with van der Waals surface area (Å²) in [4.78, 5) is 25.9. The number of nitrogens with one attached hydrogen (secondary N) is 2. The Kier molecular flexibility index (Phi) is 4.90. The Morgan fingerprint density at radius 3 is 2.82 bits per heavy atom. The molecule has 1 heterocycles. The molecule has 0 aliphatic carbocycles. The average molecular weight is 238 g/mol. The summed E-state index contributed by atoms with van der Waals surface area (Å²) in [6.45, 7) is 3.87. The number of rotatable bonds is 5. The first-order valence-corrected chi connectivity index (χ1v) is 5.72. The van der Waals surface area contributed by atoms with Crippen LogP contribution in [-0.4, -0.2) is 29.1 Å². The predicted molar refractivity (Wildman–Crippen MR) is 65.2 cm³/mol. The van der Waals surface area contributed by atoms with Gasteiger partial charge in [-0.25, -0.2) is 0 Å². The Morgan fingerprint density at radius 1 is 1.53 bits per heavy atom. The van der Waals surface area contributed by atoms with Crippen LogP contribution in [0.5, 0.6) is 0 Å². The molecule has 1 aromatic rings. The van der Waals surface area contributed by atoms with Crippen molar-refractivity contribution in [1.29, 1.82) is 0 Å². The van der Waals surface area contributed by atoms with Gasteiger partial charge in [-0.15, -0.1) is 0 Å². The van der Waals surface area contributed by atoms with E-state index in [0.717, 1.165) is 24.1 Å². The number of pyridine rings is 1. The number of aliphatic hydroxyl groups excluding tert-OH is 1. The molecule has 0 aromatic carbocycles. The van der Waals surface area contributed by atoms with Crippen LogP contribution in [0.25, 0.3) is 0 Å². The Morgan fingerprint density at radius 2 is 2.24 bits per heavy atom. The Bertz CT molecular complexity index is 452. The van der Waals surface area contributed by atoms with E-state index in [2.05, 4.69) is 10.3 Å². The fourth-order valence-electron chi connectivity index (χ4n) is 1.63. The van der Waals surface area contributed by atoms with Gasteiger partial charge in [0.15, 0.2) is 0 Å². The molecule has 0 aliphatic rings. The summed E-state index contributed by atoms with van der Waals surface area (Å²) in [5.41, 5.74) is 1.49. The summed E-state index contributed by atoms with van der Waals surface area (Å²) < 4.78 is 0. The predicted octanol–water partition coefficient (Wildman–Crippen LogP) is 0.358. The van der Waals surface area contributed by atoms with Gasteiger partial charge in [0, 0.05) is 12.2 Å². The third-order valence-electron chi connectivity index (χ3n) is 2.51. The van der Waals surface area contributed by atoms with E-state index in [1.807, 2.05) is 13.8 Å². The molecule has 94 valence electrons. The van der Waals surface area contributed by atoms with Crippen LogP contribution in [0.4, 0.5) is 0 Å². The van der Waals surface area contributed by atoms with Gasteiger partial charge in [0.05, 0.1) is 6.61 Å². The lowest BCUT2D eigenvalue weighted by molar-refractivity contribution is 0.0943. The van der Waals surface area contributed by atoms with Crippen molar-refractivity contribution in [2.75, 3.05) is 13.2 Å². The molecular formula is C12H18N2O3. The minimum Gasteiger partial charge on any atom is -0.395 e. The molecule has 0 fully saturated rings. The number of hydrogen-bond donors (Lipinski definition) is 3. The maximum atomic E-state index is 11.6. The van der Waals surface area contributed by atoms with Gasteiger partial charge in [-0.05, 0) is 25.0 Å². The van der Waals surface area contributed by atoms with E-state index < -0.39 is 11.5 Å². The van der Waals surface area contributed by atoms with Gasteiger partial charge >= 0.3 is 0 Å². The molecule has 0 saturated heterocycles. The number of aliphatic hydroxyl groups is 1. The molecule has 5 nitrogen and oxygen atoms in total. The van der Waals surface area contributed by atoms with Gasteiger partial charge in [-0.3, -0.25) is 9.59 Å². The number of carbonyl (C=O) groups is 1. The third-order valence-corrected chi connectivity index (χ3v) is 2.51. The second kappa shape index (κ2) is 6.20. The number of aromatic nitrogens is 1. The van der Waals surface area contributed by atoms with Crippen molar-refractivity contribution in [2.24, 2.45) is 0 Å². The van der Waals surface area contributed by atoms with Crippen molar-refractivity contribution >= 4 is 5.91 Å². The molecular weight excluding hydrogens is 220 g/mol. The van der Waals surface area contributed by atoms with E-state index in [-0.39, 0.29) is 18.7 Å². The van der Waals surface area contributed by atoms with Crippen LogP contribution >= 0.6 is 0 Å². The zero-order valence-corrected chi connectivity index (χ0v) is 10.2. The van der Waals surface area contributed by atoms with Crippen molar-refractivity contribution in [3.05, 3.63) is 33.2 Å². The van der Waals surface area contributed by atoms with Gasteiger partial charge in [0.1, 0.15) is 5.56 Å². The Hall–Kier alpha value is -1.62. The average Bonchev–Trinajstić information content (AvgIpc) is 2.29. The second-order valence-corrected chi connectivity index (χ2v) is 3.89. The van der Waals surface area contributed by atoms with Gasteiger partial charge in [0.25, 0.3) is 11.5 Å². The first kappa shape index (κ1) is 13.4. The van der Waals surface area contributed by atoms with Crippen molar-refractivity contribution in [1.82, 2.24) is 10.3 Å². The molecule has 0 spiro atoms. The molecule has 0 bridgehead atoms. The smallest absolute Gasteiger partial charge is 0.261 e. The molecule has 1 rings (SSSR count). The van der Waals surface area contributed by atoms with E-state index >= 15 is 0 Å². The van der Waals surface area contributed by atoms with E-state index in [9.17, 15) is 9.59 Å². The van der Waals surface area contributed by atoms with E-state index in [1.54, 1.807) is 6.07 Å². The lowest BCUT2D eigenvalue weighted by Gasteiger charge is -2.07. The first-order chi connectivity index (χ1) is 8.10. The highest BCUT2D eigenvalue weighted by Gasteiger charge is 2.12. The quantitative estimate of drug-likeness (QED) is 0.692. The summed E-state index contributed by atoms with van der Waals surface area (Å²) in [6, 6.07) is 1.63. The molecule has 3 N–H and O–H groups in total. The highest BCUT2D eigenvalue weighted by molar-refractivity contribution is 5.94. The van der Waals surface area contributed by atoms with Crippen LogP contribution in [-0.2, 0) is 6.42 Å². The maximum Gasteiger partial charge on any atom is 0.261 e. The molecule has 5 heteroatoms. The number of amides is 1. The number of H-pyrrole nitrogens is 1. The highest BCUT2D eigenvalue weighted by atomic mass is 16.3. The minimum atomic E-state index is -0.447. The second-order valence-electron chi connectivity index (χ2n) is 3.89. The number of aromatic amines is 1. The van der Waals surface area contributed by atoms with Crippen LogP contribution in [0, 0.1) is 6.92 Å². The fraction of sp³-hybridized carbons (Fsp3) is 0.500. The zero-order valence-electron chi connectivity index (χ0n) is 10.2. The lowest BCUT2D eigenvalue weighted by atomic mass is 10.1. The van der Waals surface area contributed by atoms with E-state index in [1.165, 1.54) is 0 Å². The standard InChI is InChI=1S/C12H18N2O3/c1-3-4-9-7-10(11(16)13-5-6-15)12(17)14-8(9)2/h7,15H,3-6H2,1-2H3,(H,13,16)(H,14,17). The topological polar surface area (TPSA) is 82.2 Å². The van der Waals surface area contributed by atoms with Crippen molar-refractivity contribution in [3.8, 4) is 0 Å². The SMILES string of the molecule is CCCc1cc(C(=O)NCCO)c(=O)[nH]c1C. The molecule has 1 aromatic heterocycles. The Balaban J connectivity index is 3.02. The van der Waals surface area contributed by atoms with Crippen LogP contribution < -0.4 is 10.9 Å². The van der Waals surface area contributed by atoms with Crippen LogP contribution in [0.3, 0.4) is 0 Å². The summed E-state index contributed by atoms with van der Waals surface area (Å²) in [6.07, 6.45) is 1.77. The van der Waals surface area contributed by atoms with Gasteiger partial charge in [-0.2, -0.15) is 0 Å². The highest BCUT2D eigenvalue weighted by Crippen LogP contribution is 2.07. The fourth-order valence-corrected chi connectivity index (χ4v) is 1.63. The number of aryl methyl sites for hydroxylation is 2. The normalized spacial score (nSPS) is 10.3. The summed E-state index contributed by atoms with van der Waals surface area (Å²) >= 11 is 0. The molecule has 0 saturated carbocycles. The molecule has 0 radical (unpaired) electrons. The summed E-state index contributed by atoms with van der Waals surface area (Å²) in [5.74, 6) is -0.447.